The van der Waals surface area contributed by atoms with Crippen LogP contribution in [0.25, 0.3) is 22.4 Å². The minimum absolute atomic E-state index is 0.205. The Bertz CT molecular complexity index is 693. The quantitative estimate of drug-likeness (QED) is 0.662. The Balaban J connectivity index is 2.06. The lowest BCUT2D eigenvalue weighted by atomic mass is 10.1. The zero-order valence-electron chi connectivity index (χ0n) is 10.2. The third kappa shape index (κ3) is 2.21. The number of benzene rings is 1. The van der Waals surface area contributed by atoms with Crippen molar-refractivity contribution < 1.29 is 5.11 Å². The van der Waals surface area contributed by atoms with Gasteiger partial charge in [-0.05, 0) is 29.8 Å². The highest BCUT2D eigenvalue weighted by atomic mass is 16.3. The van der Waals surface area contributed by atoms with E-state index in [2.05, 4.69) is 15.0 Å². The standard InChI is InChI=1S/C14H14N4O/c15-8-13(19)10-1-2-11-12(7-10)18-14(17-11)9-3-5-16-6-4-9/h1-7,13,19H,8,15H2,(H,17,18). The van der Waals surface area contributed by atoms with Gasteiger partial charge in [-0.2, -0.15) is 0 Å². The largest absolute Gasteiger partial charge is 0.387 e. The minimum atomic E-state index is -0.642. The van der Waals surface area contributed by atoms with Crippen molar-refractivity contribution in [3.8, 4) is 11.4 Å². The molecular formula is C14H14N4O. The molecule has 2 aromatic heterocycles. The fourth-order valence-corrected chi connectivity index (χ4v) is 2.02. The van der Waals surface area contributed by atoms with Gasteiger partial charge in [-0.3, -0.25) is 4.98 Å². The van der Waals surface area contributed by atoms with E-state index < -0.39 is 6.10 Å². The molecule has 0 aliphatic rings. The van der Waals surface area contributed by atoms with Gasteiger partial charge in [0.15, 0.2) is 0 Å². The van der Waals surface area contributed by atoms with Gasteiger partial charge in [-0.25, -0.2) is 4.98 Å². The van der Waals surface area contributed by atoms with E-state index in [0.717, 1.165) is 28.0 Å². The van der Waals surface area contributed by atoms with Crippen LogP contribution in [-0.2, 0) is 0 Å². The average Bonchev–Trinajstić information content (AvgIpc) is 2.90. The molecule has 1 aromatic carbocycles. The molecule has 96 valence electrons. The van der Waals surface area contributed by atoms with Crippen molar-refractivity contribution in [2.75, 3.05) is 6.54 Å². The van der Waals surface area contributed by atoms with Gasteiger partial charge in [0, 0.05) is 24.5 Å². The maximum Gasteiger partial charge on any atom is 0.138 e. The molecule has 0 saturated heterocycles. The summed E-state index contributed by atoms with van der Waals surface area (Å²) < 4.78 is 0. The third-order valence-corrected chi connectivity index (χ3v) is 3.07. The maximum absolute atomic E-state index is 9.75. The Morgan fingerprint density at radius 2 is 2.00 bits per heavy atom. The summed E-state index contributed by atoms with van der Waals surface area (Å²) >= 11 is 0. The molecule has 0 amide bonds. The van der Waals surface area contributed by atoms with Gasteiger partial charge in [-0.15, -0.1) is 0 Å². The SMILES string of the molecule is NCC(O)c1ccc2nc(-c3ccncc3)[nH]c2c1. The summed E-state index contributed by atoms with van der Waals surface area (Å²) in [4.78, 5) is 11.7. The average molecular weight is 254 g/mol. The third-order valence-electron chi connectivity index (χ3n) is 3.07. The van der Waals surface area contributed by atoms with Crippen molar-refractivity contribution in [2.45, 2.75) is 6.10 Å². The van der Waals surface area contributed by atoms with E-state index in [1.54, 1.807) is 12.4 Å². The van der Waals surface area contributed by atoms with Gasteiger partial charge in [0.25, 0.3) is 0 Å². The number of aromatic amines is 1. The molecule has 2 heterocycles. The second kappa shape index (κ2) is 4.79. The predicted molar refractivity (Wildman–Crippen MR) is 73.3 cm³/mol. The number of nitrogens with one attached hydrogen (secondary N) is 1. The van der Waals surface area contributed by atoms with Gasteiger partial charge in [0.2, 0.25) is 0 Å². The Morgan fingerprint density at radius 1 is 1.21 bits per heavy atom. The van der Waals surface area contributed by atoms with E-state index in [9.17, 15) is 5.11 Å². The zero-order valence-corrected chi connectivity index (χ0v) is 10.2. The number of aliphatic hydroxyl groups is 1. The second-order valence-corrected chi connectivity index (χ2v) is 4.35. The topological polar surface area (TPSA) is 87.8 Å². The van der Waals surface area contributed by atoms with Gasteiger partial charge >= 0.3 is 0 Å². The van der Waals surface area contributed by atoms with Crippen LogP contribution < -0.4 is 5.73 Å². The number of aliphatic hydroxyl groups excluding tert-OH is 1. The number of pyridine rings is 1. The predicted octanol–water partition coefficient (Wildman–Crippen LogP) is 1.62. The van der Waals surface area contributed by atoms with Crippen LogP contribution >= 0.6 is 0 Å². The second-order valence-electron chi connectivity index (χ2n) is 4.35. The van der Waals surface area contributed by atoms with Gasteiger partial charge in [0.1, 0.15) is 5.82 Å². The molecule has 4 N–H and O–H groups in total. The summed E-state index contributed by atoms with van der Waals surface area (Å²) in [7, 11) is 0. The molecule has 5 nitrogen and oxygen atoms in total. The first-order valence-corrected chi connectivity index (χ1v) is 6.06. The molecular weight excluding hydrogens is 240 g/mol. The van der Waals surface area contributed by atoms with E-state index >= 15 is 0 Å². The first kappa shape index (κ1) is 11.8. The molecule has 0 saturated carbocycles. The zero-order chi connectivity index (χ0) is 13.2. The number of nitrogens with two attached hydrogens (primary N) is 1. The fraction of sp³-hybridized carbons (Fsp3) is 0.143. The lowest BCUT2D eigenvalue weighted by molar-refractivity contribution is 0.187. The van der Waals surface area contributed by atoms with Crippen molar-refractivity contribution in [1.82, 2.24) is 15.0 Å². The summed E-state index contributed by atoms with van der Waals surface area (Å²) in [6.45, 7) is 0.205. The molecule has 3 aromatic rings. The maximum atomic E-state index is 9.75. The smallest absolute Gasteiger partial charge is 0.138 e. The number of fused-ring (bicyclic) bond motifs is 1. The molecule has 5 heteroatoms. The number of nitrogens with zero attached hydrogens (tertiary/aromatic N) is 2. The molecule has 0 bridgehead atoms. The van der Waals surface area contributed by atoms with Crippen molar-refractivity contribution in [3.63, 3.8) is 0 Å². The normalized spacial score (nSPS) is 12.7. The van der Waals surface area contributed by atoms with Gasteiger partial charge in [0.05, 0.1) is 17.1 Å². The summed E-state index contributed by atoms with van der Waals surface area (Å²) in [5.74, 6) is 0.789. The van der Waals surface area contributed by atoms with Crippen LogP contribution in [0.4, 0.5) is 0 Å². The summed E-state index contributed by atoms with van der Waals surface area (Å²) in [6, 6.07) is 9.40. The Hall–Kier alpha value is -2.24. The van der Waals surface area contributed by atoms with Gasteiger partial charge in [-0.1, -0.05) is 6.07 Å². The molecule has 19 heavy (non-hydrogen) atoms. The number of H-pyrrole nitrogens is 1. The van der Waals surface area contributed by atoms with Crippen LogP contribution in [0, 0.1) is 0 Å². The Kier molecular flexibility index (Phi) is 2.98. The van der Waals surface area contributed by atoms with Crippen LogP contribution in [0.3, 0.4) is 0 Å². The Labute approximate surface area is 110 Å². The van der Waals surface area contributed by atoms with Crippen LogP contribution in [0.1, 0.15) is 11.7 Å². The van der Waals surface area contributed by atoms with Crippen LogP contribution in [-0.4, -0.2) is 26.6 Å². The van der Waals surface area contributed by atoms with E-state index in [4.69, 9.17) is 5.73 Å². The lowest BCUT2D eigenvalue weighted by Crippen LogP contribution is -2.11. The highest BCUT2D eigenvalue weighted by Gasteiger charge is 2.09. The van der Waals surface area contributed by atoms with Gasteiger partial charge < -0.3 is 15.8 Å². The highest BCUT2D eigenvalue weighted by molar-refractivity contribution is 5.80. The number of rotatable bonds is 3. The lowest BCUT2D eigenvalue weighted by Gasteiger charge is -2.06. The van der Waals surface area contributed by atoms with Crippen molar-refractivity contribution >= 4 is 11.0 Å². The first-order valence-electron chi connectivity index (χ1n) is 6.06. The molecule has 3 rings (SSSR count). The molecule has 0 spiro atoms. The van der Waals surface area contributed by atoms with Crippen molar-refractivity contribution in [2.24, 2.45) is 5.73 Å². The van der Waals surface area contributed by atoms with Crippen LogP contribution in [0.15, 0.2) is 42.7 Å². The van der Waals surface area contributed by atoms with E-state index in [0.29, 0.717) is 0 Å². The van der Waals surface area contributed by atoms with Crippen LogP contribution in [0.2, 0.25) is 0 Å². The number of hydrogen-bond donors (Lipinski definition) is 3. The number of aromatic nitrogens is 3. The summed E-state index contributed by atoms with van der Waals surface area (Å²) in [5, 5.41) is 9.75. The molecule has 0 radical (unpaired) electrons. The molecule has 1 atom stereocenters. The summed E-state index contributed by atoms with van der Waals surface area (Å²) in [5.41, 5.74) is 8.98. The van der Waals surface area contributed by atoms with Crippen LogP contribution in [0.5, 0.6) is 0 Å². The minimum Gasteiger partial charge on any atom is -0.387 e. The first-order chi connectivity index (χ1) is 9.28. The van der Waals surface area contributed by atoms with E-state index in [1.807, 2.05) is 30.3 Å². The van der Waals surface area contributed by atoms with E-state index in [1.165, 1.54) is 0 Å². The molecule has 0 aliphatic carbocycles. The van der Waals surface area contributed by atoms with E-state index in [-0.39, 0.29) is 6.54 Å². The molecule has 1 unspecified atom stereocenters. The fourth-order valence-electron chi connectivity index (χ4n) is 2.02. The highest BCUT2D eigenvalue weighted by Crippen LogP contribution is 2.22. The molecule has 0 fully saturated rings. The number of imidazole rings is 1. The summed E-state index contributed by atoms with van der Waals surface area (Å²) in [6.07, 6.45) is 2.82. The van der Waals surface area contributed by atoms with Crippen molar-refractivity contribution in [1.29, 1.82) is 0 Å². The molecule has 0 aliphatic heterocycles. The Morgan fingerprint density at radius 3 is 2.74 bits per heavy atom. The monoisotopic (exact) mass is 254 g/mol. The number of hydrogen-bond acceptors (Lipinski definition) is 4. The van der Waals surface area contributed by atoms with Crippen molar-refractivity contribution in [3.05, 3.63) is 48.3 Å².